The molecule has 0 aliphatic carbocycles. The van der Waals surface area contributed by atoms with Crippen LogP contribution in [0, 0.1) is 0 Å². The van der Waals surface area contributed by atoms with Crippen LogP contribution in [0.3, 0.4) is 0 Å². The fourth-order valence-corrected chi connectivity index (χ4v) is 4.98. The van der Waals surface area contributed by atoms with Crippen molar-refractivity contribution in [2.24, 2.45) is 0 Å². The molecule has 3 unspecified atom stereocenters. The first-order chi connectivity index (χ1) is 7.40. The van der Waals surface area contributed by atoms with E-state index in [0.717, 1.165) is 5.25 Å². The lowest BCUT2D eigenvalue weighted by molar-refractivity contribution is 0.344. The maximum Gasteiger partial charge on any atom is 0.135 e. The molecule has 0 spiro atoms. The molecule has 2 aliphatic rings. The smallest absolute Gasteiger partial charge is 0.135 e. The Bertz CT molecular complexity index is 185. The van der Waals surface area contributed by atoms with Crippen molar-refractivity contribution in [2.75, 3.05) is 12.8 Å². The molecule has 3 atom stereocenters. The lowest BCUT2D eigenvalue weighted by Gasteiger charge is -2.19. The number of rotatable bonds is 6. The van der Waals surface area contributed by atoms with Gasteiger partial charge in [0.15, 0.2) is 0 Å². The van der Waals surface area contributed by atoms with E-state index in [2.05, 4.69) is 26.9 Å². The minimum atomic E-state index is 0.365. The molecule has 2 rings (SSSR count). The predicted molar refractivity (Wildman–Crippen MR) is 69.3 cm³/mol. The van der Waals surface area contributed by atoms with Gasteiger partial charge in [-0.05, 0) is 32.7 Å². The van der Waals surface area contributed by atoms with Gasteiger partial charge in [0.05, 0.1) is 6.10 Å². The van der Waals surface area contributed by atoms with Gasteiger partial charge in [0.25, 0.3) is 0 Å². The van der Waals surface area contributed by atoms with Gasteiger partial charge in [-0.3, -0.25) is 5.32 Å². The van der Waals surface area contributed by atoms with E-state index in [1.807, 2.05) is 7.05 Å². The molecule has 88 valence electrons. The van der Waals surface area contributed by atoms with Crippen LogP contribution in [0.2, 0.25) is 0 Å². The van der Waals surface area contributed by atoms with E-state index in [-0.39, 0.29) is 0 Å². The fraction of sp³-hybridized carbons (Fsp3) is 1.00. The van der Waals surface area contributed by atoms with Crippen LogP contribution in [0.15, 0.2) is 0 Å². The van der Waals surface area contributed by atoms with Crippen LogP contribution in [0.4, 0.5) is 0 Å². The van der Waals surface area contributed by atoms with E-state index in [4.69, 9.17) is 4.74 Å². The lowest BCUT2D eigenvalue weighted by Crippen LogP contribution is -2.13. The van der Waals surface area contributed by atoms with E-state index >= 15 is 0 Å². The minimum absolute atomic E-state index is 0.365. The first kappa shape index (κ1) is 12.1. The summed E-state index contributed by atoms with van der Waals surface area (Å²) in [5, 5.41) is 4.08. The zero-order chi connectivity index (χ0) is 10.5. The van der Waals surface area contributed by atoms with Crippen LogP contribution >= 0.6 is 21.6 Å². The maximum atomic E-state index is 5.44. The summed E-state index contributed by atoms with van der Waals surface area (Å²) >= 11 is 0. The molecule has 0 aromatic heterocycles. The van der Waals surface area contributed by atoms with Crippen molar-refractivity contribution in [1.82, 2.24) is 5.32 Å². The third-order valence-electron chi connectivity index (χ3n) is 3.09. The highest BCUT2D eigenvalue weighted by Crippen LogP contribution is 2.38. The van der Waals surface area contributed by atoms with E-state index < -0.39 is 0 Å². The molecule has 2 aliphatic heterocycles. The third kappa shape index (κ3) is 4.17. The van der Waals surface area contributed by atoms with Gasteiger partial charge in [0, 0.05) is 11.0 Å². The van der Waals surface area contributed by atoms with E-state index in [0.29, 0.717) is 12.3 Å². The molecular weight excluding hydrogens is 226 g/mol. The summed E-state index contributed by atoms with van der Waals surface area (Å²) in [4.78, 5) is 0. The third-order valence-corrected chi connectivity index (χ3v) is 6.15. The Kier molecular flexibility index (Phi) is 5.14. The number of hydrogen-bond acceptors (Lipinski definition) is 4. The summed E-state index contributed by atoms with van der Waals surface area (Å²) in [7, 11) is 6.15. The number of unbranched alkanes of at least 4 members (excludes halogenated alkanes) is 1. The largest absolute Gasteiger partial charge is 0.353 e. The normalized spacial score (nSPS) is 35.4. The Labute approximate surface area is 101 Å². The quantitative estimate of drug-likeness (QED) is 0.443. The topological polar surface area (TPSA) is 24.6 Å². The van der Waals surface area contributed by atoms with E-state index in [1.54, 1.807) is 0 Å². The second-order valence-electron chi connectivity index (χ2n) is 4.35. The van der Waals surface area contributed by atoms with Crippen molar-refractivity contribution in [3.63, 3.8) is 0 Å². The fourth-order valence-electron chi connectivity index (χ4n) is 2.09. The van der Waals surface area contributed by atoms with E-state index in [1.165, 1.54) is 44.3 Å². The first-order valence-corrected chi connectivity index (χ1v) is 8.39. The molecule has 2 nitrogen and oxygen atoms in total. The zero-order valence-electron chi connectivity index (χ0n) is 9.41. The number of nitrogens with one attached hydrogen (secondary N) is 1. The molecule has 15 heavy (non-hydrogen) atoms. The van der Waals surface area contributed by atoms with Crippen molar-refractivity contribution in [3.8, 4) is 0 Å². The summed E-state index contributed by atoms with van der Waals surface area (Å²) in [6, 6.07) is 0. The van der Waals surface area contributed by atoms with Gasteiger partial charge in [-0.1, -0.05) is 34.4 Å². The van der Waals surface area contributed by atoms with Crippen molar-refractivity contribution in [1.29, 1.82) is 0 Å². The minimum Gasteiger partial charge on any atom is -0.353 e. The Balaban J connectivity index is 1.45. The number of likely N-dealkylation sites (N-methyl/N-ethyl adjacent to an activating group) is 1. The molecule has 2 heterocycles. The Hall–Kier alpha value is 0.620. The molecule has 1 N–H and O–H groups in total. The standard InChI is InChI=1S/C11H21NOS2/c1-12-11-10(13-11)7-3-2-5-9-6-4-8-14-15-9/h9-12H,2-8H2,1H3. The molecule has 4 heteroatoms. The second kappa shape index (κ2) is 6.38. The Morgan fingerprint density at radius 2 is 2.20 bits per heavy atom. The Morgan fingerprint density at radius 1 is 1.33 bits per heavy atom. The van der Waals surface area contributed by atoms with Gasteiger partial charge in [0.1, 0.15) is 6.23 Å². The molecule has 0 amide bonds. The van der Waals surface area contributed by atoms with Crippen molar-refractivity contribution < 1.29 is 4.74 Å². The summed E-state index contributed by atoms with van der Waals surface area (Å²) in [6.45, 7) is 0. The molecular formula is C11H21NOS2. The zero-order valence-corrected chi connectivity index (χ0v) is 11.0. The van der Waals surface area contributed by atoms with Gasteiger partial charge >= 0.3 is 0 Å². The second-order valence-corrected chi connectivity index (χ2v) is 7.14. The van der Waals surface area contributed by atoms with Crippen LogP contribution in [0.5, 0.6) is 0 Å². The summed E-state index contributed by atoms with van der Waals surface area (Å²) in [5.41, 5.74) is 0. The maximum absolute atomic E-state index is 5.44. The highest BCUT2D eigenvalue weighted by molar-refractivity contribution is 8.77. The first-order valence-electron chi connectivity index (χ1n) is 6.01. The number of epoxide rings is 1. The lowest BCUT2D eigenvalue weighted by atomic mass is 10.1. The molecule has 0 saturated carbocycles. The van der Waals surface area contributed by atoms with Gasteiger partial charge in [-0.25, -0.2) is 0 Å². The van der Waals surface area contributed by atoms with Crippen LogP contribution in [0.1, 0.15) is 38.5 Å². The molecule has 0 aromatic rings. The van der Waals surface area contributed by atoms with Crippen LogP contribution in [-0.4, -0.2) is 30.4 Å². The predicted octanol–water partition coefficient (Wildman–Crippen LogP) is 3.03. The van der Waals surface area contributed by atoms with Gasteiger partial charge in [-0.15, -0.1) is 0 Å². The monoisotopic (exact) mass is 247 g/mol. The summed E-state index contributed by atoms with van der Waals surface area (Å²) in [5.74, 6) is 1.36. The summed E-state index contributed by atoms with van der Waals surface area (Å²) < 4.78 is 5.44. The Morgan fingerprint density at radius 3 is 2.87 bits per heavy atom. The SMILES string of the molecule is CNC1OC1CCCCC1CCCSS1. The van der Waals surface area contributed by atoms with Crippen LogP contribution in [-0.2, 0) is 4.74 Å². The van der Waals surface area contributed by atoms with Gasteiger partial charge < -0.3 is 4.74 Å². The number of ether oxygens (including phenoxy) is 1. The highest BCUT2D eigenvalue weighted by Gasteiger charge is 2.36. The van der Waals surface area contributed by atoms with Gasteiger partial charge in [0.2, 0.25) is 0 Å². The van der Waals surface area contributed by atoms with Crippen molar-refractivity contribution >= 4 is 21.6 Å². The molecule has 0 bridgehead atoms. The summed E-state index contributed by atoms with van der Waals surface area (Å²) in [6.07, 6.45) is 9.13. The number of hydrogen-bond donors (Lipinski definition) is 1. The average molecular weight is 247 g/mol. The van der Waals surface area contributed by atoms with Crippen LogP contribution in [0.25, 0.3) is 0 Å². The van der Waals surface area contributed by atoms with E-state index in [9.17, 15) is 0 Å². The van der Waals surface area contributed by atoms with Gasteiger partial charge in [-0.2, -0.15) is 0 Å². The average Bonchev–Trinajstić information content (AvgIpc) is 3.05. The molecule has 0 aromatic carbocycles. The molecule has 0 radical (unpaired) electrons. The van der Waals surface area contributed by atoms with Crippen molar-refractivity contribution in [2.45, 2.75) is 56.1 Å². The highest BCUT2D eigenvalue weighted by atomic mass is 33.1. The van der Waals surface area contributed by atoms with Crippen molar-refractivity contribution in [3.05, 3.63) is 0 Å². The van der Waals surface area contributed by atoms with Crippen LogP contribution < -0.4 is 5.32 Å². The molecule has 2 saturated heterocycles. The molecule has 2 fully saturated rings.